The van der Waals surface area contributed by atoms with Gasteiger partial charge >= 0.3 is 11.7 Å². The molecule has 1 aromatic heterocycles. The molecule has 0 unspecified atom stereocenters. The number of benzene rings is 1. The van der Waals surface area contributed by atoms with E-state index in [0.717, 1.165) is 11.8 Å². The van der Waals surface area contributed by atoms with Crippen molar-refractivity contribution in [1.29, 1.82) is 0 Å². The largest absolute Gasteiger partial charge is 0.481 e. The lowest BCUT2D eigenvalue weighted by Crippen LogP contribution is -2.40. The standard InChI is InChI=1S/C15H14N4O4S/c1-18-10-7-16-15(24-8-11(20)21)19(9-5-3-2-4-6-9)12(10)13(22)17-14(18)23/h2-6H,7-8H2,1H3,(H,20,21)(H,17,22,23). The summed E-state index contributed by atoms with van der Waals surface area (Å²) >= 11 is 1.03. The molecule has 24 heavy (non-hydrogen) atoms. The van der Waals surface area contributed by atoms with Crippen LogP contribution in [0.4, 0.5) is 11.4 Å². The fraction of sp³-hybridized carbons (Fsp3) is 0.200. The minimum atomic E-state index is -0.976. The number of H-pyrrole nitrogens is 1. The van der Waals surface area contributed by atoms with Crippen LogP contribution in [-0.4, -0.2) is 31.5 Å². The molecule has 2 N–H and O–H groups in total. The van der Waals surface area contributed by atoms with Crippen LogP contribution in [0.15, 0.2) is 44.9 Å². The number of aliphatic carboxylic acids is 1. The smallest absolute Gasteiger partial charge is 0.328 e. The maximum atomic E-state index is 12.4. The summed E-state index contributed by atoms with van der Waals surface area (Å²) in [7, 11) is 1.56. The van der Waals surface area contributed by atoms with E-state index >= 15 is 0 Å². The summed E-state index contributed by atoms with van der Waals surface area (Å²) in [5, 5.41) is 9.33. The van der Waals surface area contributed by atoms with Gasteiger partial charge in [0.25, 0.3) is 5.56 Å². The molecule has 0 atom stereocenters. The van der Waals surface area contributed by atoms with E-state index in [1.165, 1.54) is 4.57 Å². The number of carboxylic acid groups (broad SMARTS) is 1. The van der Waals surface area contributed by atoms with Crippen molar-refractivity contribution in [2.45, 2.75) is 6.54 Å². The lowest BCUT2D eigenvalue weighted by atomic mass is 10.2. The van der Waals surface area contributed by atoms with Crippen LogP contribution in [0.25, 0.3) is 0 Å². The van der Waals surface area contributed by atoms with Gasteiger partial charge in [0.2, 0.25) is 0 Å². The van der Waals surface area contributed by atoms with Crippen LogP contribution in [0.2, 0.25) is 0 Å². The first-order valence-electron chi connectivity index (χ1n) is 7.05. The molecule has 1 aromatic carbocycles. The number of nitrogens with one attached hydrogen (secondary N) is 1. The van der Waals surface area contributed by atoms with Gasteiger partial charge in [-0.3, -0.25) is 29.0 Å². The number of hydrogen-bond acceptors (Lipinski definition) is 6. The number of para-hydroxylation sites is 1. The Morgan fingerprint density at radius 1 is 1.33 bits per heavy atom. The summed E-state index contributed by atoms with van der Waals surface area (Å²) in [4.78, 5) is 43.4. The highest BCUT2D eigenvalue weighted by Gasteiger charge is 2.28. The van der Waals surface area contributed by atoms with E-state index in [1.54, 1.807) is 36.2 Å². The van der Waals surface area contributed by atoms with Crippen LogP contribution in [0.3, 0.4) is 0 Å². The highest BCUT2D eigenvalue weighted by molar-refractivity contribution is 8.14. The highest BCUT2D eigenvalue weighted by Crippen LogP contribution is 2.32. The molecule has 0 saturated carbocycles. The third-order valence-electron chi connectivity index (χ3n) is 3.54. The second kappa shape index (κ2) is 6.36. The predicted molar refractivity (Wildman–Crippen MR) is 92.1 cm³/mol. The number of anilines is 2. The number of thioether (sulfide) groups is 1. The molecule has 1 aliphatic heterocycles. The molecule has 9 heteroatoms. The first-order chi connectivity index (χ1) is 11.5. The summed E-state index contributed by atoms with van der Waals surface area (Å²) in [6.07, 6.45) is 0. The lowest BCUT2D eigenvalue weighted by Gasteiger charge is -2.30. The first kappa shape index (κ1) is 16.1. The first-order valence-corrected chi connectivity index (χ1v) is 8.04. The maximum absolute atomic E-state index is 12.4. The Morgan fingerprint density at radius 3 is 2.71 bits per heavy atom. The van der Waals surface area contributed by atoms with Gasteiger partial charge in [0, 0.05) is 12.7 Å². The van der Waals surface area contributed by atoms with Crippen LogP contribution in [0.5, 0.6) is 0 Å². The molecule has 0 aliphatic carbocycles. The van der Waals surface area contributed by atoms with Crippen LogP contribution in [-0.2, 0) is 18.4 Å². The van der Waals surface area contributed by atoms with E-state index in [9.17, 15) is 14.4 Å². The summed E-state index contributed by atoms with van der Waals surface area (Å²) in [5.41, 5.74) is 0.390. The molecule has 0 saturated heterocycles. The van der Waals surface area contributed by atoms with Gasteiger partial charge in [0.1, 0.15) is 5.69 Å². The van der Waals surface area contributed by atoms with Gasteiger partial charge in [-0.15, -0.1) is 0 Å². The monoisotopic (exact) mass is 346 g/mol. The van der Waals surface area contributed by atoms with Crippen LogP contribution >= 0.6 is 11.8 Å². The van der Waals surface area contributed by atoms with Crippen molar-refractivity contribution in [3.05, 3.63) is 56.9 Å². The van der Waals surface area contributed by atoms with Gasteiger partial charge < -0.3 is 5.11 Å². The molecule has 8 nitrogen and oxygen atoms in total. The molecule has 0 fully saturated rings. The van der Waals surface area contributed by atoms with Crippen molar-refractivity contribution in [3.8, 4) is 0 Å². The normalized spacial score (nSPS) is 13.4. The predicted octanol–water partition coefficient (Wildman–Crippen LogP) is 0.899. The molecule has 2 heterocycles. The zero-order valence-electron chi connectivity index (χ0n) is 12.7. The zero-order valence-corrected chi connectivity index (χ0v) is 13.5. The van der Waals surface area contributed by atoms with Crippen LogP contribution in [0, 0.1) is 0 Å². The van der Waals surface area contributed by atoms with Crippen molar-refractivity contribution in [1.82, 2.24) is 9.55 Å². The minimum Gasteiger partial charge on any atom is -0.481 e. The minimum absolute atomic E-state index is 0.135. The molecular weight excluding hydrogens is 332 g/mol. The topological polar surface area (TPSA) is 108 Å². The fourth-order valence-electron chi connectivity index (χ4n) is 2.43. The molecule has 3 rings (SSSR count). The number of aliphatic imine (C=N–C) groups is 1. The van der Waals surface area contributed by atoms with Gasteiger partial charge in [0.15, 0.2) is 5.17 Å². The molecule has 0 bridgehead atoms. The lowest BCUT2D eigenvalue weighted by molar-refractivity contribution is -0.133. The maximum Gasteiger partial charge on any atom is 0.328 e. The quantitative estimate of drug-likeness (QED) is 0.855. The number of nitrogens with zero attached hydrogens (tertiary/aromatic N) is 3. The van der Waals surface area contributed by atoms with Crippen molar-refractivity contribution in [3.63, 3.8) is 0 Å². The van der Waals surface area contributed by atoms with Gasteiger partial charge in [0.05, 0.1) is 18.0 Å². The van der Waals surface area contributed by atoms with Crippen molar-refractivity contribution in [2.75, 3.05) is 10.7 Å². The van der Waals surface area contributed by atoms with E-state index in [0.29, 0.717) is 16.5 Å². The number of aromatic amines is 1. The van der Waals surface area contributed by atoms with Crippen LogP contribution in [0.1, 0.15) is 5.69 Å². The van der Waals surface area contributed by atoms with Gasteiger partial charge in [-0.1, -0.05) is 30.0 Å². The second-order valence-electron chi connectivity index (χ2n) is 5.07. The second-order valence-corrected chi connectivity index (χ2v) is 6.01. The Hall–Kier alpha value is -2.81. The molecule has 2 aromatic rings. The van der Waals surface area contributed by atoms with Gasteiger partial charge in [-0.25, -0.2) is 4.79 Å². The Kier molecular flexibility index (Phi) is 4.26. The molecule has 0 amide bonds. The molecular formula is C15H14N4O4S. The summed E-state index contributed by atoms with van der Waals surface area (Å²) in [6, 6.07) is 9.02. The summed E-state index contributed by atoms with van der Waals surface area (Å²) in [6.45, 7) is 0.135. The highest BCUT2D eigenvalue weighted by atomic mass is 32.2. The number of hydrogen-bond donors (Lipinski definition) is 2. The van der Waals surface area contributed by atoms with Crippen molar-refractivity contribution < 1.29 is 9.90 Å². The Labute approximate surface area is 140 Å². The number of aromatic nitrogens is 2. The van der Waals surface area contributed by atoms with Crippen LogP contribution < -0.4 is 16.1 Å². The average Bonchev–Trinajstić information content (AvgIpc) is 2.58. The van der Waals surface area contributed by atoms with E-state index in [-0.39, 0.29) is 18.0 Å². The SMILES string of the molecule is Cn1c2c(c(=O)[nH]c1=O)N(c1ccccc1)C(SCC(=O)O)=NC2. The molecule has 1 aliphatic rings. The van der Waals surface area contributed by atoms with E-state index in [1.807, 2.05) is 6.07 Å². The average molecular weight is 346 g/mol. The van der Waals surface area contributed by atoms with Gasteiger partial charge in [-0.2, -0.15) is 0 Å². The summed E-state index contributed by atoms with van der Waals surface area (Å²) < 4.78 is 1.34. The fourth-order valence-corrected chi connectivity index (χ4v) is 3.16. The Morgan fingerprint density at radius 2 is 2.04 bits per heavy atom. The molecule has 0 spiro atoms. The number of rotatable bonds is 3. The number of carbonyl (C=O) groups is 1. The molecule has 124 valence electrons. The van der Waals surface area contributed by atoms with Gasteiger partial charge in [-0.05, 0) is 12.1 Å². The van der Waals surface area contributed by atoms with Crippen molar-refractivity contribution in [2.24, 2.45) is 12.0 Å². The van der Waals surface area contributed by atoms with E-state index in [4.69, 9.17) is 5.11 Å². The van der Waals surface area contributed by atoms with Crippen molar-refractivity contribution >= 4 is 34.3 Å². The third-order valence-corrected chi connectivity index (χ3v) is 4.50. The Balaban J connectivity index is 2.18. The zero-order chi connectivity index (χ0) is 17.3. The number of amidine groups is 1. The van der Waals surface area contributed by atoms with E-state index < -0.39 is 17.2 Å². The van der Waals surface area contributed by atoms with E-state index in [2.05, 4.69) is 9.98 Å². The Bertz CT molecular complexity index is 933. The number of carboxylic acids is 1. The third kappa shape index (κ3) is 2.85. The molecule has 0 radical (unpaired) electrons. The number of fused-ring (bicyclic) bond motifs is 1. The summed E-state index contributed by atoms with van der Waals surface area (Å²) in [5.74, 6) is -1.16.